The van der Waals surface area contributed by atoms with Crippen LogP contribution in [0.2, 0.25) is 0 Å². The van der Waals surface area contributed by atoms with Crippen molar-refractivity contribution in [3.8, 4) is 11.4 Å². The molecule has 2 aromatic carbocycles. The fourth-order valence-electron chi connectivity index (χ4n) is 5.74. The topological polar surface area (TPSA) is 126 Å². The predicted octanol–water partition coefficient (Wildman–Crippen LogP) is 4.45. The van der Waals surface area contributed by atoms with Crippen molar-refractivity contribution in [1.29, 1.82) is 0 Å². The summed E-state index contributed by atoms with van der Waals surface area (Å²) in [5, 5.41) is 4.24. The molecule has 0 spiro atoms. The van der Waals surface area contributed by atoms with Crippen LogP contribution in [0.3, 0.4) is 0 Å². The van der Waals surface area contributed by atoms with Gasteiger partial charge in [-0.1, -0.05) is 25.1 Å². The van der Waals surface area contributed by atoms with E-state index in [9.17, 15) is 18.8 Å². The number of anilines is 2. The van der Waals surface area contributed by atoms with Crippen molar-refractivity contribution >= 4 is 46.6 Å². The van der Waals surface area contributed by atoms with Gasteiger partial charge in [0.2, 0.25) is 5.60 Å². The Balaban J connectivity index is 0.00000337. The normalized spacial score (nSPS) is 16.7. The fourth-order valence-corrected chi connectivity index (χ4v) is 5.74. The molecule has 6 rings (SSSR count). The van der Waals surface area contributed by atoms with Crippen molar-refractivity contribution in [3.63, 3.8) is 0 Å². The lowest BCUT2D eigenvalue weighted by molar-refractivity contribution is -0.188. The number of esters is 2. The van der Waals surface area contributed by atoms with Gasteiger partial charge in [0.15, 0.2) is 0 Å². The number of halogens is 2. The highest BCUT2D eigenvalue weighted by atomic mass is 35.5. The number of aromatic nitrogens is 2. The zero-order chi connectivity index (χ0) is 28.2. The number of nitrogens with zero attached hydrogens (tertiary/aromatic N) is 2. The van der Waals surface area contributed by atoms with Crippen molar-refractivity contribution in [2.45, 2.75) is 45.4 Å². The number of carbonyl (C=O) groups is 2. The van der Waals surface area contributed by atoms with Crippen LogP contribution in [0.4, 0.5) is 15.8 Å². The van der Waals surface area contributed by atoms with Gasteiger partial charge in [-0.15, -0.1) is 12.4 Å². The summed E-state index contributed by atoms with van der Waals surface area (Å²) in [4.78, 5) is 43.7. The minimum Gasteiger partial charge on any atom is -0.457 e. The summed E-state index contributed by atoms with van der Waals surface area (Å²) in [6, 6.07) is 13.5. The van der Waals surface area contributed by atoms with E-state index >= 15 is 0 Å². The first kappa shape index (κ1) is 28.1. The van der Waals surface area contributed by atoms with Crippen molar-refractivity contribution in [3.05, 3.63) is 87.0 Å². The number of benzene rings is 2. The molecule has 0 radical (unpaired) electrons. The molecule has 4 aromatic rings. The maximum Gasteiger partial charge on any atom is 0.355 e. The second-order valence-electron chi connectivity index (χ2n) is 10.0. The van der Waals surface area contributed by atoms with Gasteiger partial charge in [0.1, 0.15) is 12.4 Å². The number of pyridine rings is 2. The molecule has 11 heteroatoms. The summed E-state index contributed by atoms with van der Waals surface area (Å²) in [6.45, 7) is 3.47. The van der Waals surface area contributed by atoms with Crippen LogP contribution in [-0.4, -0.2) is 28.0 Å². The van der Waals surface area contributed by atoms with Gasteiger partial charge >= 0.3 is 11.9 Å². The van der Waals surface area contributed by atoms with E-state index in [-0.39, 0.29) is 48.9 Å². The maximum atomic E-state index is 13.8. The number of nitrogens with two attached hydrogens (primary N) is 1. The van der Waals surface area contributed by atoms with Crippen LogP contribution >= 0.6 is 12.4 Å². The Morgan fingerprint density at radius 1 is 1.20 bits per heavy atom. The van der Waals surface area contributed by atoms with Gasteiger partial charge in [-0.3, -0.25) is 9.59 Å². The maximum absolute atomic E-state index is 13.8. The Labute approximate surface area is 240 Å². The van der Waals surface area contributed by atoms with Crippen molar-refractivity contribution in [2.24, 2.45) is 0 Å². The summed E-state index contributed by atoms with van der Waals surface area (Å²) in [5.74, 6) is -1.65. The molecule has 0 amide bonds. The number of fused-ring (bicyclic) bond motifs is 5. The highest BCUT2D eigenvalue weighted by Gasteiger charge is 2.50. The molecule has 1 atom stereocenters. The quantitative estimate of drug-likeness (QED) is 0.224. The van der Waals surface area contributed by atoms with E-state index in [2.05, 4.69) is 5.32 Å². The Morgan fingerprint density at radius 2 is 1.95 bits per heavy atom. The number of hydrogen-bond acceptors (Lipinski definition) is 8. The smallest absolute Gasteiger partial charge is 0.355 e. The number of cyclic esters (lactones) is 1. The van der Waals surface area contributed by atoms with Crippen LogP contribution in [0.1, 0.15) is 42.5 Å². The van der Waals surface area contributed by atoms with E-state index in [4.69, 9.17) is 20.2 Å². The molecule has 2 aliphatic rings. The Hall–Kier alpha value is -4.44. The molecule has 41 heavy (non-hydrogen) atoms. The lowest BCUT2D eigenvalue weighted by atomic mass is 9.85. The summed E-state index contributed by atoms with van der Waals surface area (Å²) in [5.41, 5.74) is 9.74. The first-order valence-electron chi connectivity index (χ1n) is 13.1. The van der Waals surface area contributed by atoms with Gasteiger partial charge in [0.05, 0.1) is 34.7 Å². The van der Waals surface area contributed by atoms with Crippen LogP contribution in [0.25, 0.3) is 22.3 Å². The number of nitrogen functional groups attached to an aromatic ring is 1. The number of ether oxygens (including phenoxy) is 2. The highest BCUT2D eigenvalue weighted by molar-refractivity contribution is 6.04. The zero-order valence-corrected chi connectivity index (χ0v) is 23.3. The number of carbonyl (C=O) groups excluding carboxylic acids is 2. The number of rotatable bonds is 6. The van der Waals surface area contributed by atoms with E-state index < -0.39 is 17.5 Å². The lowest BCUT2D eigenvalue weighted by Gasteiger charge is -2.35. The largest absolute Gasteiger partial charge is 0.457 e. The average Bonchev–Trinajstić information content (AvgIpc) is 3.30. The van der Waals surface area contributed by atoms with E-state index in [1.165, 1.54) is 19.1 Å². The molecule has 0 unspecified atom stereocenters. The molecular weight excluding hydrogens is 551 g/mol. The third-order valence-electron chi connectivity index (χ3n) is 7.66. The molecule has 9 nitrogen and oxygen atoms in total. The SMILES string of the molecule is CC[C@@]1(OC(C)=O)C(=O)OCc2c1cc1n(c2=O)Cc2c-1nc1cccc(N)c1c2NCCc1ccc(F)cc1.Cl. The van der Waals surface area contributed by atoms with E-state index in [1.54, 1.807) is 35.8 Å². The summed E-state index contributed by atoms with van der Waals surface area (Å²) < 4.78 is 25.8. The first-order valence-corrected chi connectivity index (χ1v) is 13.1. The van der Waals surface area contributed by atoms with Crippen LogP contribution < -0.4 is 16.6 Å². The molecule has 212 valence electrons. The summed E-state index contributed by atoms with van der Waals surface area (Å²) in [7, 11) is 0. The highest BCUT2D eigenvalue weighted by Crippen LogP contribution is 2.44. The third kappa shape index (κ3) is 4.48. The van der Waals surface area contributed by atoms with Gasteiger partial charge in [-0.2, -0.15) is 0 Å². The molecule has 0 bridgehead atoms. The molecule has 0 saturated carbocycles. The zero-order valence-electron chi connectivity index (χ0n) is 22.5. The van der Waals surface area contributed by atoms with Gasteiger partial charge in [-0.25, -0.2) is 14.2 Å². The Bertz CT molecular complexity index is 1770. The van der Waals surface area contributed by atoms with Gasteiger partial charge in [0, 0.05) is 35.7 Å². The Morgan fingerprint density at radius 3 is 2.66 bits per heavy atom. The van der Waals surface area contributed by atoms with Crippen molar-refractivity contribution in [2.75, 3.05) is 17.6 Å². The first-order chi connectivity index (χ1) is 19.2. The molecule has 2 aromatic heterocycles. The number of hydrogen-bond donors (Lipinski definition) is 2. The molecule has 3 N–H and O–H groups in total. The monoisotopic (exact) mass is 578 g/mol. The third-order valence-corrected chi connectivity index (χ3v) is 7.66. The standard InChI is InChI=1S/C30H27FN4O5.ClH/c1-3-30(40-16(2)36)21-13-24-26-19(14-35(24)28(37)20(21)15-39-29(30)38)27(25-22(32)5-4-6-23(25)34-26)33-12-11-17-7-9-18(31)10-8-17;/h4-10,13H,3,11-12,14-15,32H2,1-2H3,(H,33,34);1H/t30-;/m0./s1. The van der Waals surface area contributed by atoms with E-state index in [1.807, 2.05) is 12.1 Å². The molecule has 0 aliphatic carbocycles. The van der Waals surface area contributed by atoms with Crippen molar-refractivity contribution < 1.29 is 23.5 Å². The van der Waals surface area contributed by atoms with E-state index in [0.29, 0.717) is 41.1 Å². The second kappa shape index (κ2) is 10.5. The molecule has 2 aliphatic heterocycles. The summed E-state index contributed by atoms with van der Waals surface area (Å²) in [6.07, 6.45) is 0.736. The minimum atomic E-state index is -1.71. The van der Waals surface area contributed by atoms with Gasteiger partial charge in [-0.05, 0) is 48.7 Å². The van der Waals surface area contributed by atoms with E-state index in [0.717, 1.165) is 22.2 Å². The van der Waals surface area contributed by atoms with Crippen molar-refractivity contribution in [1.82, 2.24) is 9.55 Å². The molecule has 0 fully saturated rings. The number of nitrogens with one attached hydrogen (secondary N) is 1. The Kier molecular flexibility index (Phi) is 7.21. The summed E-state index contributed by atoms with van der Waals surface area (Å²) >= 11 is 0. The minimum absolute atomic E-state index is 0. The van der Waals surface area contributed by atoms with Gasteiger partial charge in [0.25, 0.3) is 5.56 Å². The molecule has 0 saturated heterocycles. The fraction of sp³-hybridized carbons (Fsp3) is 0.267. The average molecular weight is 579 g/mol. The van der Waals surface area contributed by atoms with Gasteiger partial charge < -0.3 is 25.1 Å². The van der Waals surface area contributed by atoms with Crippen LogP contribution in [0, 0.1) is 5.82 Å². The van der Waals surface area contributed by atoms with Crippen LogP contribution in [0.15, 0.2) is 53.3 Å². The van der Waals surface area contributed by atoms with Crippen LogP contribution in [-0.2, 0) is 44.2 Å². The second-order valence-corrected chi connectivity index (χ2v) is 10.0. The molecular formula is C30H28ClFN4O5. The van der Waals surface area contributed by atoms with Crippen LogP contribution in [0.5, 0.6) is 0 Å². The predicted molar refractivity (Wildman–Crippen MR) is 154 cm³/mol. The lowest BCUT2D eigenvalue weighted by Crippen LogP contribution is -2.47. The molecule has 4 heterocycles.